The molecule has 30 heavy (non-hydrogen) atoms. The smallest absolute Gasteiger partial charge is 0.261 e. The average Bonchev–Trinajstić information content (AvgIpc) is 2.78. The van der Waals surface area contributed by atoms with Crippen LogP contribution < -0.4 is 19.7 Å². The molecule has 0 aromatic heterocycles. The molecule has 0 aliphatic carbocycles. The SMILES string of the molecule is CC[C@H](Oc1ccccc1OC)C(=O)N[C@H](C)c1ccc(N2CCC(C)CC2)cc1. The van der Waals surface area contributed by atoms with Crippen LogP contribution in [0.25, 0.3) is 0 Å². The van der Waals surface area contributed by atoms with E-state index in [0.29, 0.717) is 17.9 Å². The number of hydrogen-bond acceptors (Lipinski definition) is 4. The third-order valence-corrected chi connectivity index (χ3v) is 5.90. The van der Waals surface area contributed by atoms with Crippen molar-refractivity contribution in [2.75, 3.05) is 25.1 Å². The second-order valence-electron chi connectivity index (χ2n) is 8.16. The van der Waals surface area contributed by atoms with Crippen molar-refractivity contribution in [3.8, 4) is 11.5 Å². The zero-order valence-corrected chi connectivity index (χ0v) is 18.6. The van der Waals surface area contributed by atoms with Crippen LogP contribution in [0.15, 0.2) is 48.5 Å². The minimum Gasteiger partial charge on any atom is -0.493 e. The number of methoxy groups -OCH3 is 1. The summed E-state index contributed by atoms with van der Waals surface area (Å²) in [5.41, 5.74) is 2.35. The van der Waals surface area contributed by atoms with Crippen LogP contribution >= 0.6 is 0 Å². The van der Waals surface area contributed by atoms with Crippen molar-refractivity contribution in [2.45, 2.75) is 52.2 Å². The van der Waals surface area contributed by atoms with Crippen molar-refractivity contribution >= 4 is 11.6 Å². The minimum absolute atomic E-state index is 0.0942. The van der Waals surface area contributed by atoms with E-state index in [-0.39, 0.29) is 11.9 Å². The predicted octanol–water partition coefficient (Wildman–Crippen LogP) is 4.97. The lowest BCUT2D eigenvalue weighted by Crippen LogP contribution is -2.39. The maximum atomic E-state index is 12.8. The second-order valence-corrected chi connectivity index (χ2v) is 8.16. The van der Waals surface area contributed by atoms with Crippen LogP contribution in [0.2, 0.25) is 0 Å². The van der Waals surface area contributed by atoms with Gasteiger partial charge in [0.2, 0.25) is 0 Å². The van der Waals surface area contributed by atoms with Crippen LogP contribution in [-0.2, 0) is 4.79 Å². The number of carbonyl (C=O) groups excluding carboxylic acids is 1. The highest BCUT2D eigenvalue weighted by molar-refractivity contribution is 5.81. The van der Waals surface area contributed by atoms with Gasteiger partial charge in [0.1, 0.15) is 0 Å². The Hall–Kier alpha value is -2.69. The number of amides is 1. The highest BCUT2D eigenvalue weighted by Gasteiger charge is 2.22. The molecule has 1 aliphatic rings. The van der Waals surface area contributed by atoms with E-state index >= 15 is 0 Å². The monoisotopic (exact) mass is 410 g/mol. The van der Waals surface area contributed by atoms with Crippen LogP contribution in [0, 0.1) is 5.92 Å². The molecule has 5 heteroatoms. The van der Waals surface area contributed by atoms with Gasteiger partial charge >= 0.3 is 0 Å². The molecule has 2 atom stereocenters. The van der Waals surface area contributed by atoms with E-state index in [1.54, 1.807) is 7.11 Å². The Morgan fingerprint density at radius 1 is 1.10 bits per heavy atom. The number of para-hydroxylation sites is 2. The van der Waals surface area contributed by atoms with Crippen molar-refractivity contribution in [3.05, 3.63) is 54.1 Å². The number of nitrogens with zero attached hydrogens (tertiary/aromatic N) is 1. The highest BCUT2D eigenvalue weighted by Crippen LogP contribution is 2.28. The summed E-state index contributed by atoms with van der Waals surface area (Å²) in [5.74, 6) is 1.90. The van der Waals surface area contributed by atoms with Crippen molar-refractivity contribution < 1.29 is 14.3 Å². The lowest BCUT2D eigenvalue weighted by atomic mass is 9.98. The van der Waals surface area contributed by atoms with E-state index < -0.39 is 6.10 Å². The van der Waals surface area contributed by atoms with Crippen molar-refractivity contribution in [1.29, 1.82) is 0 Å². The number of rotatable bonds is 8. The lowest BCUT2D eigenvalue weighted by molar-refractivity contribution is -0.128. The summed E-state index contributed by atoms with van der Waals surface area (Å²) < 4.78 is 11.3. The van der Waals surface area contributed by atoms with Crippen LogP contribution in [0.5, 0.6) is 11.5 Å². The number of piperidine rings is 1. The first kappa shape index (κ1) is 22.0. The van der Waals surface area contributed by atoms with E-state index in [1.807, 2.05) is 38.1 Å². The van der Waals surface area contributed by atoms with Gasteiger partial charge in [-0.3, -0.25) is 4.79 Å². The summed E-state index contributed by atoms with van der Waals surface area (Å²) in [4.78, 5) is 15.3. The van der Waals surface area contributed by atoms with E-state index in [9.17, 15) is 4.79 Å². The van der Waals surface area contributed by atoms with Crippen molar-refractivity contribution in [3.63, 3.8) is 0 Å². The fourth-order valence-corrected chi connectivity index (χ4v) is 3.82. The molecule has 1 aliphatic heterocycles. The molecule has 2 aromatic rings. The highest BCUT2D eigenvalue weighted by atomic mass is 16.5. The molecular weight excluding hydrogens is 376 g/mol. The fraction of sp³-hybridized carbons (Fsp3) is 0.480. The molecular formula is C25H34N2O3. The third-order valence-electron chi connectivity index (χ3n) is 5.90. The normalized spacial score (nSPS) is 16.6. The molecule has 1 N–H and O–H groups in total. The summed E-state index contributed by atoms with van der Waals surface area (Å²) in [6.45, 7) is 8.51. The molecule has 3 rings (SSSR count). The summed E-state index contributed by atoms with van der Waals surface area (Å²) in [5, 5.41) is 3.09. The Balaban J connectivity index is 1.59. The summed E-state index contributed by atoms with van der Waals surface area (Å²) in [7, 11) is 1.60. The van der Waals surface area contributed by atoms with Gasteiger partial charge in [0.25, 0.3) is 5.91 Å². The number of carbonyl (C=O) groups is 1. The summed E-state index contributed by atoms with van der Waals surface area (Å²) in [6, 6.07) is 15.8. The first-order valence-corrected chi connectivity index (χ1v) is 11.0. The van der Waals surface area contributed by atoms with E-state index in [1.165, 1.54) is 18.5 Å². The third kappa shape index (κ3) is 5.47. The Bertz CT molecular complexity index is 813. The van der Waals surface area contributed by atoms with Crippen LogP contribution in [0.3, 0.4) is 0 Å². The number of hydrogen-bond donors (Lipinski definition) is 1. The number of nitrogens with one attached hydrogen (secondary N) is 1. The van der Waals surface area contributed by atoms with Crippen LogP contribution in [0.1, 0.15) is 51.6 Å². The molecule has 0 unspecified atom stereocenters. The number of anilines is 1. The molecule has 1 fully saturated rings. The molecule has 1 saturated heterocycles. The maximum Gasteiger partial charge on any atom is 0.261 e. The van der Waals surface area contributed by atoms with Gasteiger partial charge < -0.3 is 19.7 Å². The molecule has 0 bridgehead atoms. The predicted molar refractivity (Wildman–Crippen MR) is 121 cm³/mol. The van der Waals surface area contributed by atoms with Gasteiger partial charge in [-0.15, -0.1) is 0 Å². The quantitative estimate of drug-likeness (QED) is 0.668. The van der Waals surface area contributed by atoms with Crippen molar-refractivity contribution in [1.82, 2.24) is 5.32 Å². The maximum absolute atomic E-state index is 12.8. The number of ether oxygens (including phenoxy) is 2. The van der Waals surface area contributed by atoms with E-state index in [2.05, 4.69) is 41.4 Å². The Kier molecular flexibility index (Phi) is 7.61. The molecule has 0 radical (unpaired) electrons. The second kappa shape index (κ2) is 10.4. The molecule has 2 aromatic carbocycles. The standard InChI is InChI=1S/C25H34N2O3/c1-5-22(30-24-9-7-6-8-23(24)29-4)25(28)26-19(3)20-10-12-21(13-11-20)27-16-14-18(2)15-17-27/h6-13,18-19,22H,5,14-17H2,1-4H3,(H,26,28)/t19-,22+/m1/s1. The topological polar surface area (TPSA) is 50.8 Å². The van der Waals surface area contributed by atoms with Gasteiger partial charge in [0.05, 0.1) is 13.2 Å². The van der Waals surface area contributed by atoms with Crippen molar-refractivity contribution in [2.24, 2.45) is 5.92 Å². The zero-order valence-electron chi connectivity index (χ0n) is 18.6. The molecule has 0 saturated carbocycles. The van der Waals surface area contributed by atoms with Crippen LogP contribution in [0.4, 0.5) is 5.69 Å². The zero-order chi connectivity index (χ0) is 21.5. The Labute approximate surface area is 180 Å². The average molecular weight is 411 g/mol. The van der Waals surface area contributed by atoms with E-state index in [0.717, 1.165) is 24.6 Å². The van der Waals surface area contributed by atoms with Crippen LogP contribution in [-0.4, -0.2) is 32.2 Å². The van der Waals surface area contributed by atoms with Gasteiger partial charge in [0, 0.05) is 18.8 Å². The molecule has 1 amide bonds. The van der Waals surface area contributed by atoms with Gasteiger partial charge in [-0.25, -0.2) is 0 Å². The fourth-order valence-electron chi connectivity index (χ4n) is 3.82. The first-order chi connectivity index (χ1) is 14.5. The summed E-state index contributed by atoms with van der Waals surface area (Å²) >= 11 is 0. The first-order valence-electron chi connectivity index (χ1n) is 11.0. The minimum atomic E-state index is -0.571. The summed E-state index contributed by atoms with van der Waals surface area (Å²) in [6.07, 6.45) is 2.50. The lowest BCUT2D eigenvalue weighted by Gasteiger charge is -2.32. The molecule has 1 heterocycles. The van der Waals surface area contributed by atoms with Gasteiger partial charge in [-0.1, -0.05) is 38.1 Å². The van der Waals surface area contributed by atoms with Gasteiger partial charge in [-0.05, 0) is 61.9 Å². The largest absolute Gasteiger partial charge is 0.493 e. The van der Waals surface area contributed by atoms with Gasteiger partial charge in [-0.2, -0.15) is 0 Å². The number of benzene rings is 2. The molecule has 162 valence electrons. The molecule has 0 spiro atoms. The van der Waals surface area contributed by atoms with E-state index in [4.69, 9.17) is 9.47 Å². The molecule has 5 nitrogen and oxygen atoms in total. The Morgan fingerprint density at radius 3 is 2.33 bits per heavy atom. The Morgan fingerprint density at radius 2 is 1.73 bits per heavy atom. The van der Waals surface area contributed by atoms with Gasteiger partial charge in [0.15, 0.2) is 17.6 Å².